The zero-order valence-electron chi connectivity index (χ0n) is 13.2. The largest absolute Gasteiger partial charge is 0.349 e. The second-order valence-electron chi connectivity index (χ2n) is 6.49. The van der Waals surface area contributed by atoms with E-state index in [-0.39, 0.29) is 24.0 Å². The minimum atomic E-state index is -2.69. The first kappa shape index (κ1) is 16.6. The second-order valence-corrected chi connectivity index (χ2v) is 6.49. The molecule has 1 aromatic rings. The Morgan fingerprint density at radius 2 is 2.09 bits per heavy atom. The van der Waals surface area contributed by atoms with Gasteiger partial charge >= 0.3 is 0 Å². The number of hydrogen-bond donors (Lipinski definition) is 1. The summed E-state index contributed by atoms with van der Waals surface area (Å²) in [6.07, 6.45) is 1.80. The Morgan fingerprint density at radius 3 is 2.64 bits per heavy atom. The van der Waals surface area contributed by atoms with Gasteiger partial charge in [-0.3, -0.25) is 9.59 Å². The number of alkyl halides is 2. The Bertz CT molecular complexity index is 615. The smallest absolute Gasteiger partial charge is 0.263 e. The third-order valence-corrected chi connectivity index (χ3v) is 3.97. The summed E-state index contributed by atoms with van der Waals surface area (Å²) >= 11 is 0. The number of pyridine rings is 1. The van der Waals surface area contributed by atoms with E-state index in [1.807, 2.05) is 0 Å². The Morgan fingerprint density at radius 1 is 1.45 bits per heavy atom. The van der Waals surface area contributed by atoms with Gasteiger partial charge in [-0.15, -0.1) is 0 Å². The van der Waals surface area contributed by atoms with Crippen molar-refractivity contribution in [1.29, 1.82) is 0 Å². The molecule has 1 aliphatic carbocycles. The molecule has 6 heteroatoms. The number of amides is 1. The van der Waals surface area contributed by atoms with Gasteiger partial charge in [0.25, 0.3) is 17.4 Å². The molecule has 0 saturated heterocycles. The fraction of sp³-hybridized carbons (Fsp3) is 0.625. The third-order valence-electron chi connectivity index (χ3n) is 3.97. The quantitative estimate of drug-likeness (QED) is 0.909. The molecule has 0 radical (unpaired) electrons. The molecule has 1 saturated carbocycles. The van der Waals surface area contributed by atoms with Crippen LogP contribution in [-0.4, -0.2) is 22.4 Å². The van der Waals surface area contributed by atoms with Gasteiger partial charge in [-0.2, -0.15) is 0 Å². The standard InChI is InChI=1S/C16H22F2N2O2/c1-10(2)4-6-20-7-5-11(3)13(15(20)22)14(21)19-12-8-16(17,18)9-12/h5,7,10,12H,4,6,8-9H2,1-3H3,(H,19,21). The number of nitrogens with one attached hydrogen (secondary N) is 1. The van der Waals surface area contributed by atoms with Crippen LogP contribution in [0.25, 0.3) is 0 Å². The molecule has 1 aliphatic rings. The topological polar surface area (TPSA) is 51.1 Å². The highest BCUT2D eigenvalue weighted by Crippen LogP contribution is 2.37. The van der Waals surface area contributed by atoms with Crippen LogP contribution in [0.15, 0.2) is 17.1 Å². The summed E-state index contributed by atoms with van der Waals surface area (Å²) < 4.78 is 27.2. The van der Waals surface area contributed by atoms with E-state index in [2.05, 4.69) is 19.2 Å². The SMILES string of the molecule is Cc1ccn(CCC(C)C)c(=O)c1C(=O)NC1CC(F)(F)C1. The van der Waals surface area contributed by atoms with Crippen LogP contribution in [-0.2, 0) is 6.54 Å². The molecule has 1 heterocycles. The molecule has 4 nitrogen and oxygen atoms in total. The van der Waals surface area contributed by atoms with Gasteiger partial charge in [-0.05, 0) is 30.9 Å². The molecular weight excluding hydrogens is 290 g/mol. The van der Waals surface area contributed by atoms with Crippen LogP contribution in [0.1, 0.15) is 49.0 Å². The van der Waals surface area contributed by atoms with E-state index >= 15 is 0 Å². The average Bonchev–Trinajstić information content (AvgIpc) is 2.35. The molecule has 0 aromatic carbocycles. The van der Waals surface area contributed by atoms with Crippen molar-refractivity contribution < 1.29 is 13.6 Å². The molecule has 0 bridgehead atoms. The van der Waals surface area contributed by atoms with Crippen LogP contribution < -0.4 is 10.9 Å². The fourth-order valence-electron chi connectivity index (χ4n) is 2.54. The summed E-state index contributed by atoms with van der Waals surface area (Å²) in [5.74, 6) is -2.80. The number of hydrogen-bond acceptors (Lipinski definition) is 2. The van der Waals surface area contributed by atoms with Gasteiger partial charge in [0.15, 0.2) is 0 Å². The van der Waals surface area contributed by atoms with Gasteiger partial charge in [0.2, 0.25) is 0 Å². The molecule has 0 atom stereocenters. The Labute approximate surface area is 128 Å². The summed E-state index contributed by atoms with van der Waals surface area (Å²) in [5.41, 5.74) is 0.264. The van der Waals surface area contributed by atoms with Crippen LogP contribution in [0, 0.1) is 12.8 Å². The highest BCUT2D eigenvalue weighted by molar-refractivity contribution is 5.95. The molecule has 22 heavy (non-hydrogen) atoms. The van der Waals surface area contributed by atoms with Crippen molar-refractivity contribution in [2.75, 3.05) is 0 Å². The fourth-order valence-corrected chi connectivity index (χ4v) is 2.54. The minimum absolute atomic E-state index is 0.0569. The molecule has 1 amide bonds. The van der Waals surface area contributed by atoms with Crippen molar-refractivity contribution in [1.82, 2.24) is 9.88 Å². The van der Waals surface area contributed by atoms with Crippen molar-refractivity contribution in [2.45, 2.75) is 58.5 Å². The van der Waals surface area contributed by atoms with Gasteiger partial charge in [0.05, 0.1) is 0 Å². The Hall–Kier alpha value is -1.72. The van der Waals surface area contributed by atoms with Crippen LogP contribution in [0.3, 0.4) is 0 Å². The molecular formula is C16H22F2N2O2. The van der Waals surface area contributed by atoms with E-state index in [1.165, 1.54) is 4.57 Å². The number of rotatable bonds is 5. The Balaban J connectivity index is 2.14. The van der Waals surface area contributed by atoms with Crippen LogP contribution in [0.2, 0.25) is 0 Å². The van der Waals surface area contributed by atoms with E-state index in [0.29, 0.717) is 18.0 Å². The van der Waals surface area contributed by atoms with Crippen LogP contribution >= 0.6 is 0 Å². The minimum Gasteiger partial charge on any atom is -0.349 e. The summed E-state index contributed by atoms with van der Waals surface area (Å²) in [7, 11) is 0. The van der Waals surface area contributed by atoms with Gasteiger partial charge in [-0.25, -0.2) is 8.78 Å². The first-order valence-electron chi connectivity index (χ1n) is 7.58. The predicted molar refractivity (Wildman–Crippen MR) is 80.3 cm³/mol. The van der Waals surface area contributed by atoms with Crippen LogP contribution in [0.4, 0.5) is 8.78 Å². The number of carbonyl (C=O) groups is 1. The van der Waals surface area contributed by atoms with Gasteiger partial charge in [0.1, 0.15) is 5.56 Å². The zero-order valence-corrected chi connectivity index (χ0v) is 13.2. The highest BCUT2D eigenvalue weighted by Gasteiger charge is 2.46. The normalized spacial score (nSPS) is 17.4. The predicted octanol–water partition coefficient (Wildman–Crippen LogP) is 2.73. The average molecular weight is 312 g/mol. The number of aryl methyl sites for hydroxylation is 2. The van der Waals surface area contributed by atoms with Crippen molar-refractivity contribution in [3.63, 3.8) is 0 Å². The lowest BCUT2D eigenvalue weighted by Crippen LogP contribution is -2.51. The molecule has 0 aliphatic heterocycles. The molecule has 122 valence electrons. The third kappa shape index (κ3) is 3.72. The summed E-state index contributed by atoms with van der Waals surface area (Å²) in [4.78, 5) is 24.6. The Kier molecular flexibility index (Phi) is 4.68. The van der Waals surface area contributed by atoms with Crippen molar-refractivity contribution in [3.8, 4) is 0 Å². The van der Waals surface area contributed by atoms with E-state index in [4.69, 9.17) is 0 Å². The molecule has 1 N–H and O–H groups in total. The van der Waals surface area contributed by atoms with Gasteiger partial charge in [-0.1, -0.05) is 13.8 Å². The van der Waals surface area contributed by atoms with Crippen molar-refractivity contribution in [2.24, 2.45) is 5.92 Å². The maximum absolute atomic E-state index is 12.8. The van der Waals surface area contributed by atoms with E-state index in [0.717, 1.165) is 6.42 Å². The van der Waals surface area contributed by atoms with E-state index in [9.17, 15) is 18.4 Å². The van der Waals surface area contributed by atoms with E-state index in [1.54, 1.807) is 19.2 Å². The summed E-state index contributed by atoms with van der Waals surface area (Å²) in [6, 6.07) is 1.16. The first-order chi connectivity index (χ1) is 10.2. The maximum atomic E-state index is 12.8. The van der Waals surface area contributed by atoms with Crippen LogP contribution in [0.5, 0.6) is 0 Å². The van der Waals surface area contributed by atoms with Gasteiger partial charge in [0, 0.05) is 31.6 Å². The molecule has 1 fully saturated rings. The highest BCUT2D eigenvalue weighted by atomic mass is 19.3. The summed E-state index contributed by atoms with van der Waals surface area (Å²) in [5, 5.41) is 2.53. The monoisotopic (exact) mass is 312 g/mol. The zero-order chi connectivity index (χ0) is 16.5. The molecule has 0 spiro atoms. The number of carbonyl (C=O) groups excluding carboxylic acids is 1. The van der Waals surface area contributed by atoms with E-state index < -0.39 is 17.9 Å². The molecule has 0 unspecified atom stereocenters. The lowest BCUT2D eigenvalue weighted by Gasteiger charge is -2.35. The van der Waals surface area contributed by atoms with Crippen molar-refractivity contribution in [3.05, 3.63) is 33.7 Å². The van der Waals surface area contributed by atoms with Crippen molar-refractivity contribution >= 4 is 5.91 Å². The lowest BCUT2D eigenvalue weighted by atomic mass is 9.88. The number of nitrogens with zero attached hydrogens (tertiary/aromatic N) is 1. The number of halogens is 2. The second kappa shape index (κ2) is 6.18. The lowest BCUT2D eigenvalue weighted by molar-refractivity contribution is -0.0901. The summed E-state index contributed by atoms with van der Waals surface area (Å²) in [6.45, 7) is 6.34. The van der Waals surface area contributed by atoms with Gasteiger partial charge < -0.3 is 9.88 Å². The molecule has 1 aromatic heterocycles. The molecule has 2 rings (SSSR count). The number of aromatic nitrogens is 1. The first-order valence-corrected chi connectivity index (χ1v) is 7.58. The maximum Gasteiger partial charge on any atom is 0.263 e.